The van der Waals surface area contributed by atoms with Gasteiger partial charge in [-0.2, -0.15) is 0 Å². The van der Waals surface area contributed by atoms with Gasteiger partial charge < -0.3 is 5.73 Å². The molecule has 2 unspecified atom stereocenters. The van der Waals surface area contributed by atoms with E-state index in [1.807, 2.05) is 13.0 Å². The lowest BCUT2D eigenvalue weighted by Gasteiger charge is -2.10. The maximum atomic E-state index is 11.7. The van der Waals surface area contributed by atoms with Gasteiger partial charge in [0.05, 0.1) is 10.9 Å². The van der Waals surface area contributed by atoms with Crippen LogP contribution in [0.4, 0.5) is 0 Å². The Morgan fingerprint density at radius 2 is 2.06 bits per heavy atom. The van der Waals surface area contributed by atoms with E-state index in [4.69, 9.17) is 5.73 Å². The zero-order chi connectivity index (χ0) is 12.0. The van der Waals surface area contributed by atoms with Crippen LogP contribution in [-0.4, -0.2) is 16.2 Å². The molecule has 1 aromatic rings. The molecule has 1 amide bonds. The Hall–Kier alpha value is -1.20. The molecule has 0 radical (unpaired) electrons. The predicted octanol–water partition coefficient (Wildman–Crippen LogP) is 0.953. The lowest BCUT2D eigenvalue weighted by atomic mass is 10.2. The maximum Gasteiger partial charge on any atom is 0.248 e. The average Bonchev–Trinajstić information content (AvgIpc) is 2.30. The van der Waals surface area contributed by atoms with Crippen LogP contribution in [0, 0.1) is 0 Å². The fraction of sp³-hybridized carbons (Fsp3) is 0.364. The molecule has 0 saturated carbocycles. The quantitative estimate of drug-likeness (QED) is 0.805. The van der Waals surface area contributed by atoms with Gasteiger partial charge in [0.15, 0.2) is 11.0 Å². The monoisotopic (exact) mass is 240 g/mol. The summed E-state index contributed by atoms with van der Waals surface area (Å²) in [6, 6.07) is 8.17. The highest BCUT2D eigenvalue weighted by molar-refractivity contribution is 7.83. The molecule has 0 aliphatic heterocycles. The van der Waals surface area contributed by atoms with Gasteiger partial charge in [-0.3, -0.25) is 9.52 Å². The number of hydrogen-bond donors (Lipinski definition) is 2. The Bertz CT molecular complexity index is 368. The molecule has 0 saturated heterocycles. The normalized spacial score (nSPS) is 14.1. The fourth-order valence-electron chi connectivity index (χ4n) is 1.21. The van der Waals surface area contributed by atoms with E-state index in [9.17, 15) is 9.00 Å². The van der Waals surface area contributed by atoms with Gasteiger partial charge in [-0.1, -0.05) is 31.5 Å². The Kier molecular flexibility index (Phi) is 5.14. The number of benzene rings is 1. The van der Waals surface area contributed by atoms with E-state index in [0.717, 1.165) is 6.42 Å². The van der Waals surface area contributed by atoms with Gasteiger partial charge in [0.2, 0.25) is 5.91 Å². The second-order valence-electron chi connectivity index (χ2n) is 3.44. The van der Waals surface area contributed by atoms with Gasteiger partial charge in [0.1, 0.15) is 0 Å². The van der Waals surface area contributed by atoms with Gasteiger partial charge in [0, 0.05) is 0 Å². The van der Waals surface area contributed by atoms with Crippen molar-refractivity contribution < 1.29 is 9.00 Å². The summed E-state index contributed by atoms with van der Waals surface area (Å²) in [4.78, 5) is 12.1. The van der Waals surface area contributed by atoms with E-state index in [1.165, 1.54) is 0 Å². The van der Waals surface area contributed by atoms with E-state index in [1.54, 1.807) is 24.3 Å². The fourth-order valence-corrected chi connectivity index (χ4v) is 2.07. The number of carbonyl (C=O) groups excluding carboxylic acids is 1. The molecular formula is C11H16N2O2S. The number of carbonyl (C=O) groups is 1. The van der Waals surface area contributed by atoms with E-state index in [2.05, 4.69) is 4.72 Å². The zero-order valence-corrected chi connectivity index (χ0v) is 10.00. The zero-order valence-electron chi connectivity index (χ0n) is 9.18. The van der Waals surface area contributed by atoms with Crippen LogP contribution in [0.2, 0.25) is 0 Å². The summed E-state index contributed by atoms with van der Waals surface area (Å²) in [5, 5.41) is 0. The van der Waals surface area contributed by atoms with Crippen LogP contribution < -0.4 is 10.5 Å². The van der Waals surface area contributed by atoms with Gasteiger partial charge in [-0.25, -0.2) is 4.21 Å². The molecule has 5 heteroatoms. The summed E-state index contributed by atoms with van der Waals surface area (Å²) in [6.07, 6.45) is 1.42. The molecule has 4 nitrogen and oxygen atoms in total. The highest BCUT2D eigenvalue weighted by Gasteiger charge is 2.15. The van der Waals surface area contributed by atoms with Crippen LogP contribution in [0.1, 0.15) is 19.8 Å². The smallest absolute Gasteiger partial charge is 0.248 e. The van der Waals surface area contributed by atoms with Crippen molar-refractivity contribution >= 4 is 16.9 Å². The van der Waals surface area contributed by atoms with Crippen LogP contribution in [0.5, 0.6) is 0 Å². The largest absolute Gasteiger partial charge is 0.320 e. The van der Waals surface area contributed by atoms with Gasteiger partial charge in [-0.05, 0) is 18.6 Å². The Labute approximate surface area is 97.8 Å². The number of hydrogen-bond acceptors (Lipinski definition) is 3. The average molecular weight is 240 g/mol. The van der Waals surface area contributed by atoms with Crippen molar-refractivity contribution in [1.29, 1.82) is 0 Å². The van der Waals surface area contributed by atoms with Gasteiger partial charge in [0.25, 0.3) is 0 Å². The SMILES string of the molecule is CCCC(N)C(=O)NS(=O)c1ccccc1. The van der Waals surface area contributed by atoms with Crippen molar-refractivity contribution in [2.75, 3.05) is 0 Å². The summed E-state index contributed by atoms with van der Waals surface area (Å²) in [5.74, 6) is -0.371. The Morgan fingerprint density at radius 1 is 1.44 bits per heavy atom. The molecule has 0 spiro atoms. The van der Waals surface area contributed by atoms with Crippen molar-refractivity contribution in [2.24, 2.45) is 5.73 Å². The Balaban J connectivity index is 2.55. The van der Waals surface area contributed by atoms with Gasteiger partial charge in [-0.15, -0.1) is 0 Å². The highest BCUT2D eigenvalue weighted by Crippen LogP contribution is 2.03. The van der Waals surface area contributed by atoms with Gasteiger partial charge >= 0.3 is 0 Å². The minimum Gasteiger partial charge on any atom is -0.320 e. The molecule has 16 heavy (non-hydrogen) atoms. The second kappa shape index (κ2) is 6.40. The first-order valence-electron chi connectivity index (χ1n) is 5.18. The predicted molar refractivity (Wildman–Crippen MR) is 63.9 cm³/mol. The third kappa shape index (κ3) is 3.75. The molecule has 0 fully saturated rings. The minimum atomic E-state index is -1.52. The number of nitrogens with two attached hydrogens (primary N) is 1. The van der Waals surface area contributed by atoms with Crippen molar-refractivity contribution in [3.63, 3.8) is 0 Å². The van der Waals surface area contributed by atoms with Crippen molar-refractivity contribution in [3.8, 4) is 0 Å². The summed E-state index contributed by atoms with van der Waals surface area (Å²) < 4.78 is 14.1. The van der Waals surface area contributed by atoms with Crippen LogP contribution in [0.3, 0.4) is 0 Å². The number of rotatable bonds is 5. The summed E-state index contributed by atoms with van der Waals surface area (Å²) in [5.41, 5.74) is 5.61. The maximum absolute atomic E-state index is 11.7. The molecule has 3 N–H and O–H groups in total. The molecule has 88 valence electrons. The summed E-state index contributed by atoms with van der Waals surface area (Å²) >= 11 is 0. The van der Waals surface area contributed by atoms with E-state index < -0.39 is 17.0 Å². The third-order valence-electron chi connectivity index (χ3n) is 2.09. The van der Waals surface area contributed by atoms with Crippen LogP contribution in [0.25, 0.3) is 0 Å². The van der Waals surface area contributed by atoms with E-state index in [-0.39, 0.29) is 5.91 Å². The molecule has 0 aromatic heterocycles. The summed E-state index contributed by atoms with van der Waals surface area (Å²) in [6.45, 7) is 1.95. The standard InChI is InChI=1S/C11H16N2O2S/c1-2-6-10(12)11(14)13-16(15)9-7-4-3-5-8-9/h3-5,7-8,10H,2,6,12H2,1H3,(H,13,14). The first-order valence-corrected chi connectivity index (χ1v) is 6.33. The topological polar surface area (TPSA) is 72.2 Å². The first kappa shape index (κ1) is 12.9. The first-order chi connectivity index (χ1) is 7.65. The second-order valence-corrected chi connectivity index (χ2v) is 4.66. The van der Waals surface area contributed by atoms with E-state index in [0.29, 0.717) is 11.3 Å². The van der Waals surface area contributed by atoms with Crippen molar-refractivity contribution in [2.45, 2.75) is 30.7 Å². The van der Waals surface area contributed by atoms with Crippen LogP contribution >= 0.6 is 0 Å². The lowest BCUT2D eigenvalue weighted by molar-refractivity contribution is -0.120. The molecule has 0 bridgehead atoms. The molecule has 0 aliphatic carbocycles. The van der Waals surface area contributed by atoms with Crippen LogP contribution in [0.15, 0.2) is 35.2 Å². The number of amides is 1. The summed E-state index contributed by atoms with van der Waals surface area (Å²) in [7, 11) is -1.52. The molecular weight excluding hydrogens is 224 g/mol. The highest BCUT2D eigenvalue weighted by atomic mass is 32.2. The van der Waals surface area contributed by atoms with Crippen molar-refractivity contribution in [1.82, 2.24) is 4.72 Å². The van der Waals surface area contributed by atoms with Crippen LogP contribution in [-0.2, 0) is 15.8 Å². The molecule has 0 heterocycles. The molecule has 0 aliphatic rings. The van der Waals surface area contributed by atoms with Crippen molar-refractivity contribution in [3.05, 3.63) is 30.3 Å². The molecule has 2 atom stereocenters. The minimum absolute atomic E-state index is 0.371. The van der Waals surface area contributed by atoms with E-state index >= 15 is 0 Å². The molecule has 1 aromatic carbocycles. The number of nitrogens with one attached hydrogen (secondary N) is 1. The third-order valence-corrected chi connectivity index (χ3v) is 3.17. The molecule has 1 rings (SSSR count). The Morgan fingerprint density at radius 3 is 2.62 bits per heavy atom. The lowest BCUT2D eigenvalue weighted by Crippen LogP contribution is -2.41.